The summed E-state index contributed by atoms with van der Waals surface area (Å²) in [4.78, 5) is 11.5. The van der Waals surface area contributed by atoms with E-state index < -0.39 is 37.2 Å². The Bertz CT molecular complexity index is 491. The quantitative estimate of drug-likeness (QED) is 0.655. The Morgan fingerprint density at radius 1 is 1.22 bits per heavy atom. The standard InChI is InChI=1S/C9H19NO6S2/c1-5-9(2,3)8(11)16-6-7-18(14,15)10-17(4,12)13/h10H,5-7H2,1-4H3. The van der Waals surface area contributed by atoms with Crippen LogP contribution < -0.4 is 4.13 Å². The minimum absolute atomic E-state index is 0.382. The van der Waals surface area contributed by atoms with E-state index in [4.69, 9.17) is 4.74 Å². The van der Waals surface area contributed by atoms with Crippen LogP contribution in [-0.4, -0.2) is 41.4 Å². The second kappa shape index (κ2) is 5.98. The summed E-state index contributed by atoms with van der Waals surface area (Å²) >= 11 is 0. The monoisotopic (exact) mass is 301 g/mol. The minimum Gasteiger partial charge on any atom is -0.464 e. The second-order valence-corrected chi connectivity index (χ2v) is 8.40. The molecule has 0 amide bonds. The highest BCUT2D eigenvalue weighted by Gasteiger charge is 2.27. The molecule has 0 saturated carbocycles. The smallest absolute Gasteiger partial charge is 0.311 e. The maximum atomic E-state index is 11.5. The van der Waals surface area contributed by atoms with Gasteiger partial charge in [0.2, 0.25) is 20.0 Å². The highest BCUT2D eigenvalue weighted by molar-refractivity contribution is 8.04. The number of hydrogen-bond donors (Lipinski definition) is 1. The second-order valence-electron chi connectivity index (χ2n) is 4.55. The van der Waals surface area contributed by atoms with Gasteiger partial charge in [-0.05, 0) is 20.3 Å². The van der Waals surface area contributed by atoms with Crippen LogP contribution >= 0.6 is 0 Å². The Kier molecular flexibility index (Phi) is 5.76. The molecule has 9 heteroatoms. The average molecular weight is 301 g/mol. The molecule has 18 heavy (non-hydrogen) atoms. The maximum Gasteiger partial charge on any atom is 0.311 e. The summed E-state index contributed by atoms with van der Waals surface area (Å²) in [6.45, 7) is 4.79. The number of ether oxygens (including phenoxy) is 1. The summed E-state index contributed by atoms with van der Waals surface area (Å²) in [5.41, 5.74) is -0.686. The Balaban J connectivity index is 4.34. The van der Waals surface area contributed by atoms with Crippen molar-refractivity contribution in [3.8, 4) is 0 Å². The molecule has 0 aliphatic rings. The Morgan fingerprint density at radius 3 is 2.11 bits per heavy atom. The summed E-state index contributed by atoms with van der Waals surface area (Å²) in [6.07, 6.45) is 1.29. The van der Waals surface area contributed by atoms with E-state index in [1.54, 1.807) is 13.8 Å². The summed E-state index contributed by atoms with van der Waals surface area (Å²) in [7, 11) is -7.85. The van der Waals surface area contributed by atoms with E-state index in [0.717, 1.165) is 6.26 Å². The average Bonchev–Trinajstić information content (AvgIpc) is 2.13. The van der Waals surface area contributed by atoms with Crippen LogP contribution in [0.15, 0.2) is 0 Å². The number of hydrogen-bond acceptors (Lipinski definition) is 6. The molecule has 0 aromatic heterocycles. The van der Waals surface area contributed by atoms with E-state index in [-0.39, 0.29) is 6.61 Å². The zero-order chi connectivity index (χ0) is 14.6. The molecule has 0 rings (SSSR count). The van der Waals surface area contributed by atoms with Gasteiger partial charge >= 0.3 is 5.97 Å². The molecule has 1 N–H and O–H groups in total. The molecular formula is C9H19NO6S2. The summed E-state index contributed by atoms with van der Waals surface area (Å²) < 4.78 is 50.3. The Labute approximate surface area is 108 Å². The van der Waals surface area contributed by atoms with Gasteiger partial charge in [0.1, 0.15) is 6.61 Å². The molecule has 0 atom stereocenters. The molecule has 0 heterocycles. The lowest BCUT2D eigenvalue weighted by Crippen LogP contribution is -2.34. The van der Waals surface area contributed by atoms with Gasteiger partial charge in [0.15, 0.2) is 0 Å². The van der Waals surface area contributed by atoms with E-state index in [1.165, 1.54) is 4.13 Å². The molecule has 0 aromatic carbocycles. The molecule has 108 valence electrons. The van der Waals surface area contributed by atoms with Crippen molar-refractivity contribution in [3.63, 3.8) is 0 Å². The predicted octanol–water partition coefficient (Wildman–Crippen LogP) is -0.155. The molecule has 7 nitrogen and oxygen atoms in total. The lowest BCUT2D eigenvalue weighted by Gasteiger charge is -2.20. The lowest BCUT2D eigenvalue weighted by atomic mass is 9.91. The van der Waals surface area contributed by atoms with Gasteiger partial charge in [0.25, 0.3) is 0 Å². The lowest BCUT2D eigenvalue weighted by molar-refractivity contribution is -0.153. The van der Waals surface area contributed by atoms with Crippen LogP contribution in [0.1, 0.15) is 27.2 Å². The first-order valence-corrected chi connectivity index (χ1v) is 8.82. The minimum atomic E-state index is -4.00. The van der Waals surface area contributed by atoms with Crippen molar-refractivity contribution >= 4 is 26.0 Å². The van der Waals surface area contributed by atoms with E-state index in [9.17, 15) is 21.6 Å². The summed E-state index contributed by atoms with van der Waals surface area (Å²) in [5.74, 6) is -1.11. The van der Waals surface area contributed by atoms with Crippen LogP contribution in [-0.2, 0) is 29.6 Å². The van der Waals surface area contributed by atoms with Crippen molar-refractivity contribution in [2.45, 2.75) is 27.2 Å². The number of sulfonamides is 2. The molecule has 0 unspecified atom stereocenters. The third kappa shape index (κ3) is 6.92. The highest BCUT2D eigenvalue weighted by Crippen LogP contribution is 2.21. The number of carbonyl (C=O) groups is 1. The van der Waals surface area contributed by atoms with Crippen LogP contribution in [0.5, 0.6) is 0 Å². The fraction of sp³-hybridized carbons (Fsp3) is 0.889. The number of carbonyl (C=O) groups excluding carboxylic acids is 1. The van der Waals surface area contributed by atoms with Gasteiger partial charge in [0.05, 0.1) is 17.4 Å². The predicted molar refractivity (Wildman–Crippen MR) is 66.8 cm³/mol. The van der Waals surface area contributed by atoms with Crippen molar-refractivity contribution in [2.24, 2.45) is 5.41 Å². The van der Waals surface area contributed by atoms with Gasteiger partial charge < -0.3 is 4.74 Å². The van der Waals surface area contributed by atoms with E-state index in [1.807, 2.05) is 6.92 Å². The molecule has 0 fully saturated rings. The Morgan fingerprint density at radius 2 is 1.72 bits per heavy atom. The molecule has 0 saturated heterocycles. The van der Waals surface area contributed by atoms with Crippen molar-refractivity contribution in [2.75, 3.05) is 18.6 Å². The first-order chi connectivity index (χ1) is 7.90. The van der Waals surface area contributed by atoms with Gasteiger partial charge in [-0.1, -0.05) is 6.92 Å². The third-order valence-corrected chi connectivity index (χ3v) is 5.23. The van der Waals surface area contributed by atoms with Crippen molar-refractivity contribution in [3.05, 3.63) is 0 Å². The van der Waals surface area contributed by atoms with Crippen LogP contribution in [0.2, 0.25) is 0 Å². The summed E-state index contributed by atoms with van der Waals surface area (Å²) in [5, 5.41) is 0. The topological polar surface area (TPSA) is 107 Å². The molecule has 0 aliphatic carbocycles. The van der Waals surface area contributed by atoms with E-state index in [2.05, 4.69) is 0 Å². The highest BCUT2D eigenvalue weighted by atomic mass is 32.3. The van der Waals surface area contributed by atoms with Crippen LogP contribution in [0.25, 0.3) is 0 Å². The first-order valence-electron chi connectivity index (χ1n) is 5.28. The normalized spacial score (nSPS) is 13.3. The zero-order valence-electron chi connectivity index (χ0n) is 10.9. The fourth-order valence-corrected chi connectivity index (χ4v) is 3.34. The van der Waals surface area contributed by atoms with Crippen molar-refractivity contribution < 1.29 is 26.4 Å². The number of rotatable bonds is 7. The number of nitrogens with one attached hydrogen (secondary N) is 1. The van der Waals surface area contributed by atoms with Crippen LogP contribution in [0, 0.1) is 5.41 Å². The largest absolute Gasteiger partial charge is 0.464 e. The van der Waals surface area contributed by atoms with Crippen LogP contribution in [0.3, 0.4) is 0 Å². The molecule has 0 aliphatic heterocycles. The SMILES string of the molecule is CCC(C)(C)C(=O)OCCS(=O)(=O)NS(C)(=O)=O. The van der Waals surface area contributed by atoms with Gasteiger partial charge in [-0.15, -0.1) is 4.13 Å². The van der Waals surface area contributed by atoms with Gasteiger partial charge in [-0.25, -0.2) is 16.8 Å². The van der Waals surface area contributed by atoms with Crippen molar-refractivity contribution in [1.29, 1.82) is 0 Å². The molecule has 0 radical (unpaired) electrons. The Hall–Kier alpha value is -0.670. The maximum absolute atomic E-state index is 11.5. The molecule has 0 bridgehead atoms. The zero-order valence-corrected chi connectivity index (χ0v) is 12.5. The molecule has 0 aromatic rings. The van der Waals surface area contributed by atoms with Gasteiger partial charge in [-0.3, -0.25) is 4.79 Å². The first kappa shape index (κ1) is 17.3. The van der Waals surface area contributed by atoms with Crippen molar-refractivity contribution in [1.82, 2.24) is 4.13 Å². The number of esters is 1. The van der Waals surface area contributed by atoms with Gasteiger partial charge in [-0.2, -0.15) is 0 Å². The summed E-state index contributed by atoms with van der Waals surface area (Å²) in [6, 6.07) is 0. The molecular weight excluding hydrogens is 282 g/mol. The van der Waals surface area contributed by atoms with E-state index >= 15 is 0 Å². The third-order valence-electron chi connectivity index (χ3n) is 2.30. The fourth-order valence-electron chi connectivity index (χ4n) is 0.856. The van der Waals surface area contributed by atoms with E-state index in [0.29, 0.717) is 6.42 Å². The van der Waals surface area contributed by atoms with Crippen LogP contribution in [0.4, 0.5) is 0 Å². The molecule has 0 spiro atoms. The van der Waals surface area contributed by atoms with Gasteiger partial charge in [0, 0.05) is 0 Å².